The van der Waals surface area contributed by atoms with E-state index < -0.39 is 11.2 Å². The molecule has 7 heteroatoms. The number of benzene rings is 2. The zero-order valence-electron chi connectivity index (χ0n) is 11.5. The van der Waals surface area contributed by atoms with Gasteiger partial charge in [0.1, 0.15) is 33.2 Å². The van der Waals surface area contributed by atoms with Gasteiger partial charge in [0, 0.05) is 12.1 Å². The van der Waals surface area contributed by atoms with E-state index in [4.69, 9.17) is 32.4 Å². The zero-order valence-corrected chi connectivity index (χ0v) is 13.0. The molecular weight excluding hydrogens is 331 g/mol. The molecule has 0 unspecified atom stereocenters. The van der Waals surface area contributed by atoms with Crippen molar-refractivity contribution < 1.29 is 19.4 Å². The van der Waals surface area contributed by atoms with Crippen molar-refractivity contribution in [3.8, 4) is 17.2 Å². The van der Waals surface area contributed by atoms with Crippen molar-refractivity contribution in [1.82, 2.24) is 0 Å². The Kier molecular flexibility index (Phi) is 3.34. The number of aromatic hydroxyl groups is 2. The highest BCUT2D eigenvalue weighted by molar-refractivity contribution is 6.37. The van der Waals surface area contributed by atoms with Gasteiger partial charge in [0.25, 0.3) is 0 Å². The van der Waals surface area contributed by atoms with Crippen LogP contribution in [0.3, 0.4) is 0 Å². The maximum absolute atomic E-state index is 12.7. The number of methoxy groups -OCH3 is 1. The Morgan fingerprint density at radius 3 is 2.41 bits per heavy atom. The average Bonchev–Trinajstić information content (AvgIpc) is 2.47. The lowest BCUT2D eigenvalue weighted by atomic mass is 10.1. The number of aryl methyl sites for hydroxylation is 1. The monoisotopic (exact) mass is 340 g/mol. The van der Waals surface area contributed by atoms with E-state index in [9.17, 15) is 15.0 Å². The molecule has 0 radical (unpaired) electrons. The highest BCUT2D eigenvalue weighted by Gasteiger charge is 2.21. The van der Waals surface area contributed by atoms with Crippen molar-refractivity contribution in [3.05, 3.63) is 38.0 Å². The molecule has 1 aromatic heterocycles. The lowest BCUT2D eigenvalue weighted by molar-refractivity contribution is 0.414. The van der Waals surface area contributed by atoms with Gasteiger partial charge >= 0.3 is 0 Å². The third-order valence-corrected chi connectivity index (χ3v) is 4.33. The Bertz CT molecular complexity index is 991. The lowest BCUT2D eigenvalue weighted by Gasteiger charge is -2.11. The maximum atomic E-state index is 12.7. The number of phenolic OH excluding ortho intramolecular Hbond substituents is 2. The SMILES string of the molecule is COc1cc2oc3c(Cl)c(O)cc(O)c3c(=O)c2c(C)c1Cl. The highest BCUT2D eigenvalue weighted by Crippen LogP contribution is 2.40. The second-order valence-corrected chi connectivity index (χ2v) is 5.51. The first-order valence-corrected chi connectivity index (χ1v) is 6.96. The third-order valence-electron chi connectivity index (χ3n) is 3.50. The van der Waals surface area contributed by atoms with Crippen LogP contribution in [-0.2, 0) is 0 Å². The topological polar surface area (TPSA) is 79.9 Å². The van der Waals surface area contributed by atoms with Gasteiger partial charge in [-0.3, -0.25) is 4.79 Å². The Morgan fingerprint density at radius 1 is 1.09 bits per heavy atom. The van der Waals surface area contributed by atoms with Crippen molar-refractivity contribution >= 4 is 45.1 Å². The molecule has 3 aromatic rings. The molecule has 114 valence electrons. The predicted molar refractivity (Wildman–Crippen MR) is 84.6 cm³/mol. The summed E-state index contributed by atoms with van der Waals surface area (Å²) in [4.78, 5) is 12.7. The maximum Gasteiger partial charge on any atom is 0.204 e. The van der Waals surface area contributed by atoms with Crippen molar-refractivity contribution in [3.63, 3.8) is 0 Å². The van der Waals surface area contributed by atoms with Gasteiger partial charge in [-0.2, -0.15) is 0 Å². The smallest absolute Gasteiger partial charge is 0.204 e. The number of fused-ring (bicyclic) bond motifs is 2. The Morgan fingerprint density at radius 2 is 1.77 bits per heavy atom. The van der Waals surface area contributed by atoms with Crippen LogP contribution in [0.15, 0.2) is 21.3 Å². The van der Waals surface area contributed by atoms with Crippen molar-refractivity contribution in [2.75, 3.05) is 7.11 Å². The summed E-state index contributed by atoms with van der Waals surface area (Å²) in [5.74, 6) is -0.458. The minimum Gasteiger partial charge on any atom is -0.507 e. The molecule has 1 heterocycles. The molecule has 0 bridgehead atoms. The van der Waals surface area contributed by atoms with E-state index in [2.05, 4.69) is 0 Å². The molecule has 0 amide bonds. The first-order chi connectivity index (χ1) is 10.4. The fraction of sp³-hybridized carbons (Fsp3) is 0.133. The van der Waals surface area contributed by atoms with E-state index in [1.807, 2.05) is 0 Å². The minimum atomic E-state index is -0.488. The van der Waals surface area contributed by atoms with Crippen LogP contribution in [0.1, 0.15) is 5.56 Å². The van der Waals surface area contributed by atoms with Gasteiger partial charge in [0.2, 0.25) is 5.43 Å². The second kappa shape index (κ2) is 4.97. The van der Waals surface area contributed by atoms with Gasteiger partial charge in [-0.05, 0) is 12.5 Å². The molecule has 0 aliphatic carbocycles. The molecule has 2 N–H and O–H groups in total. The molecule has 0 saturated carbocycles. The summed E-state index contributed by atoms with van der Waals surface area (Å²) >= 11 is 12.1. The molecule has 0 saturated heterocycles. The predicted octanol–water partition coefficient (Wildman–Crippen LogP) is 3.98. The fourth-order valence-electron chi connectivity index (χ4n) is 2.40. The van der Waals surface area contributed by atoms with Crippen molar-refractivity contribution in [1.29, 1.82) is 0 Å². The standard InChI is InChI=1S/C15H10Cl2O5/c1-5-10-8(4-9(21-2)12(5)16)22-15-11(14(10)20)6(18)3-7(19)13(15)17/h3-4,18-19H,1-2H3. The molecule has 0 atom stereocenters. The summed E-state index contributed by atoms with van der Waals surface area (Å²) < 4.78 is 10.7. The van der Waals surface area contributed by atoms with Gasteiger partial charge < -0.3 is 19.4 Å². The second-order valence-electron chi connectivity index (χ2n) is 4.76. The number of rotatable bonds is 1. The molecule has 2 aromatic carbocycles. The van der Waals surface area contributed by atoms with Crippen molar-refractivity contribution in [2.45, 2.75) is 6.92 Å². The summed E-state index contributed by atoms with van der Waals surface area (Å²) in [6, 6.07) is 2.46. The molecule has 0 fully saturated rings. The summed E-state index contributed by atoms with van der Waals surface area (Å²) in [7, 11) is 1.44. The summed E-state index contributed by atoms with van der Waals surface area (Å²) in [5.41, 5.74) is 0.0801. The zero-order chi connectivity index (χ0) is 16.2. The van der Waals surface area contributed by atoms with Crippen LogP contribution in [0.5, 0.6) is 17.2 Å². The van der Waals surface area contributed by atoms with Crippen LogP contribution in [0, 0.1) is 6.92 Å². The molecule has 0 spiro atoms. The largest absolute Gasteiger partial charge is 0.507 e. The minimum absolute atomic E-state index is 0.0968. The normalized spacial score (nSPS) is 11.3. The van der Waals surface area contributed by atoms with E-state index in [1.54, 1.807) is 6.92 Å². The number of ether oxygens (including phenoxy) is 1. The third kappa shape index (κ3) is 1.90. The van der Waals surface area contributed by atoms with Crippen LogP contribution in [-0.4, -0.2) is 17.3 Å². The Balaban J connectivity index is 2.65. The van der Waals surface area contributed by atoms with Crippen LogP contribution < -0.4 is 10.2 Å². The van der Waals surface area contributed by atoms with E-state index in [1.165, 1.54) is 13.2 Å². The van der Waals surface area contributed by atoms with Crippen molar-refractivity contribution in [2.24, 2.45) is 0 Å². The van der Waals surface area contributed by atoms with Gasteiger partial charge in [-0.25, -0.2) is 0 Å². The van der Waals surface area contributed by atoms with Gasteiger partial charge in [-0.15, -0.1) is 0 Å². The van der Waals surface area contributed by atoms with Gasteiger partial charge in [0.05, 0.1) is 17.5 Å². The molecule has 0 aliphatic heterocycles. The number of hydrogen-bond donors (Lipinski definition) is 2. The van der Waals surface area contributed by atoms with E-state index in [-0.39, 0.29) is 37.7 Å². The van der Waals surface area contributed by atoms with Crippen LogP contribution in [0.2, 0.25) is 10.0 Å². The van der Waals surface area contributed by atoms with Crippen LogP contribution in [0.25, 0.3) is 21.9 Å². The van der Waals surface area contributed by atoms with E-state index in [0.29, 0.717) is 11.3 Å². The fourth-order valence-corrected chi connectivity index (χ4v) is 2.82. The summed E-state index contributed by atoms with van der Waals surface area (Å²) in [5, 5.41) is 19.8. The molecular formula is C15H10Cl2O5. The Labute approximate surface area is 134 Å². The highest BCUT2D eigenvalue weighted by atomic mass is 35.5. The first-order valence-electron chi connectivity index (χ1n) is 6.20. The van der Waals surface area contributed by atoms with Gasteiger partial charge in [0.15, 0.2) is 5.58 Å². The van der Waals surface area contributed by atoms with Gasteiger partial charge in [-0.1, -0.05) is 23.2 Å². The molecule has 3 rings (SSSR count). The lowest BCUT2D eigenvalue weighted by Crippen LogP contribution is -2.05. The van der Waals surface area contributed by atoms with Crippen LogP contribution in [0.4, 0.5) is 0 Å². The molecule has 0 aliphatic rings. The molecule has 5 nitrogen and oxygen atoms in total. The van der Waals surface area contributed by atoms with E-state index >= 15 is 0 Å². The van der Waals surface area contributed by atoms with E-state index in [0.717, 1.165) is 6.07 Å². The average molecular weight is 341 g/mol. The number of phenols is 2. The Hall–Kier alpha value is -2.11. The summed E-state index contributed by atoms with van der Waals surface area (Å²) in [6.07, 6.45) is 0. The first kappa shape index (κ1) is 14.8. The number of halogens is 2. The quantitative estimate of drug-likeness (QED) is 0.655. The number of hydrogen-bond acceptors (Lipinski definition) is 5. The summed E-state index contributed by atoms with van der Waals surface area (Å²) in [6.45, 7) is 1.65. The van der Waals surface area contributed by atoms with Crippen LogP contribution >= 0.6 is 23.2 Å². The molecule has 22 heavy (non-hydrogen) atoms.